The van der Waals surface area contributed by atoms with Crippen molar-refractivity contribution in [2.45, 2.75) is 51.1 Å². The first kappa shape index (κ1) is 14.1. The van der Waals surface area contributed by atoms with Crippen LogP contribution < -0.4 is 5.32 Å². The van der Waals surface area contributed by atoms with Crippen molar-refractivity contribution in [2.75, 3.05) is 20.1 Å². The Kier molecular flexibility index (Phi) is 4.42. The van der Waals surface area contributed by atoms with Crippen LogP contribution in [0.4, 0.5) is 0 Å². The predicted molar refractivity (Wildman–Crippen MR) is 84.9 cm³/mol. The molecule has 2 unspecified atom stereocenters. The van der Waals surface area contributed by atoms with Gasteiger partial charge in [0.1, 0.15) is 0 Å². The number of rotatable bonds is 5. The molecule has 0 bridgehead atoms. The van der Waals surface area contributed by atoms with Crippen LogP contribution in [0.15, 0.2) is 24.3 Å². The minimum absolute atomic E-state index is 0.509. The monoisotopic (exact) mass is 272 g/mol. The zero-order chi connectivity index (χ0) is 13.9. The predicted octanol–water partition coefficient (Wildman–Crippen LogP) is 3.38. The van der Waals surface area contributed by atoms with E-state index < -0.39 is 0 Å². The maximum Gasteiger partial charge on any atom is 0.0480 e. The molecule has 0 amide bonds. The highest BCUT2D eigenvalue weighted by Gasteiger charge is 2.32. The summed E-state index contributed by atoms with van der Waals surface area (Å²) in [6, 6.07) is 10.2. The topological polar surface area (TPSA) is 15.3 Å². The van der Waals surface area contributed by atoms with Crippen LogP contribution in [0.1, 0.15) is 49.8 Å². The van der Waals surface area contributed by atoms with Gasteiger partial charge in [0.15, 0.2) is 0 Å². The van der Waals surface area contributed by atoms with Gasteiger partial charge in [0.2, 0.25) is 0 Å². The molecule has 1 aromatic carbocycles. The lowest BCUT2D eigenvalue weighted by Crippen LogP contribution is -2.47. The molecule has 2 aliphatic carbocycles. The lowest BCUT2D eigenvalue weighted by Gasteiger charge is -2.42. The smallest absolute Gasteiger partial charge is 0.0480 e. The van der Waals surface area contributed by atoms with E-state index in [9.17, 15) is 0 Å². The highest BCUT2D eigenvalue weighted by atomic mass is 15.2. The number of nitrogens with one attached hydrogen (secondary N) is 1. The van der Waals surface area contributed by atoms with E-state index >= 15 is 0 Å². The fraction of sp³-hybridized carbons (Fsp3) is 0.667. The Morgan fingerprint density at radius 3 is 2.70 bits per heavy atom. The maximum atomic E-state index is 3.74. The first-order chi connectivity index (χ1) is 9.79. The van der Waals surface area contributed by atoms with Crippen LogP contribution in [0.5, 0.6) is 0 Å². The maximum absolute atomic E-state index is 3.74. The van der Waals surface area contributed by atoms with Crippen molar-refractivity contribution in [3.63, 3.8) is 0 Å². The molecule has 1 N–H and O–H groups in total. The van der Waals surface area contributed by atoms with Crippen molar-refractivity contribution in [3.05, 3.63) is 35.4 Å². The van der Waals surface area contributed by atoms with Gasteiger partial charge in [-0.1, -0.05) is 37.6 Å². The van der Waals surface area contributed by atoms with Gasteiger partial charge in [-0.25, -0.2) is 0 Å². The summed E-state index contributed by atoms with van der Waals surface area (Å²) in [5.41, 5.74) is 3.08. The van der Waals surface area contributed by atoms with Crippen LogP contribution in [0.3, 0.4) is 0 Å². The second-order valence-corrected chi connectivity index (χ2v) is 6.58. The summed E-state index contributed by atoms with van der Waals surface area (Å²) in [5.74, 6) is 0.958. The fourth-order valence-electron chi connectivity index (χ4n) is 3.90. The van der Waals surface area contributed by atoms with Crippen molar-refractivity contribution in [1.82, 2.24) is 10.2 Å². The van der Waals surface area contributed by atoms with Crippen LogP contribution in [-0.2, 0) is 6.42 Å². The third-order valence-corrected chi connectivity index (χ3v) is 5.25. The Hall–Kier alpha value is -0.860. The minimum atomic E-state index is 0.509. The third kappa shape index (κ3) is 2.77. The second kappa shape index (κ2) is 6.28. The molecule has 0 aliphatic heterocycles. The van der Waals surface area contributed by atoms with E-state index in [-0.39, 0.29) is 0 Å². The molecule has 1 aromatic rings. The highest BCUT2D eigenvalue weighted by molar-refractivity contribution is 5.34. The van der Waals surface area contributed by atoms with Crippen LogP contribution in [0.25, 0.3) is 0 Å². The molecule has 2 aliphatic rings. The lowest BCUT2D eigenvalue weighted by atomic mass is 9.81. The molecule has 1 fully saturated rings. The van der Waals surface area contributed by atoms with E-state index in [1.165, 1.54) is 44.2 Å². The van der Waals surface area contributed by atoms with Gasteiger partial charge < -0.3 is 10.2 Å². The summed E-state index contributed by atoms with van der Waals surface area (Å²) in [6.45, 7) is 4.56. The summed E-state index contributed by atoms with van der Waals surface area (Å²) in [4.78, 5) is 2.63. The number of likely N-dealkylation sites (N-methyl/N-ethyl adjacent to an activating group) is 2. The van der Waals surface area contributed by atoms with Crippen LogP contribution in [-0.4, -0.2) is 31.1 Å². The standard InChI is InChI=1S/C18H28N2/c1-3-19-18-16-10-5-4-9-15(16)11-12-17(18)20(2)13-14-7-6-8-14/h4-5,9-10,14,17-19H,3,6-8,11-13H2,1-2H3. The quantitative estimate of drug-likeness (QED) is 0.884. The van der Waals surface area contributed by atoms with Crippen molar-refractivity contribution >= 4 is 0 Å². The van der Waals surface area contributed by atoms with Gasteiger partial charge in [-0.3, -0.25) is 0 Å². The average molecular weight is 272 g/mol. The number of hydrogen-bond donors (Lipinski definition) is 1. The van der Waals surface area contributed by atoms with Crippen molar-refractivity contribution < 1.29 is 0 Å². The molecule has 0 radical (unpaired) electrons. The van der Waals surface area contributed by atoms with Crippen molar-refractivity contribution in [1.29, 1.82) is 0 Å². The Labute approximate surface area is 123 Å². The van der Waals surface area contributed by atoms with E-state index in [1.54, 1.807) is 5.56 Å². The summed E-state index contributed by atoms with van der Waals surface area (Å²) < 4.78 is 0. The number of aryl methyl sites for hydroxylation is 1. The summed E-state index contributed by atoms with van der Waals surface area (Å²) in [5, 5.41) is 3.74. The van der Waals surface area contributed by atoms with Gasteiger partial charge in [-0.2, -0.15) is 0 Å². The zero-order valence-electron chi connectivity index (χ0n) is 12.9. The van der Waals surface area contributed by atoms with E-state index in [0.29, 0.717) is 12.1 Å². The molecule has 0 heterocycles. The van der Waals surface area contributed by atoms with Gasteiger partial charge in [0.25, 0.3) is 0 Å². The zero-order valence-corrected chi connectivity index (χ0v) is 12.9. The molecule has 2 nitrogen and oxygen atoms in total. The number of fused-ring (bicyclic) bond motifs is 1. The fourth-order valence-corrected chi connectivity index (χ4v) is 3.90. The summed E-state index contributed by atoms with van der Waals surface area (Å²) >= 11 is 0. The molecule has 3 rings (SSSR count). The normalized spacial score (nSPS) is 26.4. The Morgan fingerprint density at radius 1 is 1.20 bits per heavy atom. The van der Waals surface area contributed by atoms with Gasteiger partial charge in [-0.05, 0) is 56.3 Å². The third-order valence-electron chi connectivity index (χ3n) is 5.25. The highest BCUT2D eigenvalue weighted by Crippen LogP contribution is 2.34. The van der Waals surface area contributed by atoms with Crippen LogP contribution >= 0.6 is 0 Å². The average Bonchev–Trinajstić information content (AvgIpc) is 2.43. The van der Waals surface area contributed by atoms with Crippen molar-refractivity contribution in [3.8, 4) is 0 Å². The molecular weight excluding hydrogens is 244 g/mol. The van der Waals surface area contributed by atoms with Gasteiger partial charge in [0.05, 0.1) is 0 Å². The lowest BCUT2D eigenvalue weighted by molar-refractivity contribution is 0.124. The Morgan fingerprint density at radius 2 is 2.00 bits per heavy atom. The first-order valence-corrected chi connectivity index (χ1v) is 8.31. The molecule has 2 atom stereocenters. The van der Waals surface area contributed by atoms with Gasteiger partial charge >= 0.3 is 0 Å². The summed E-state index contributed by atoms with van der Waals surface area (Å²) in [7, 11) is 2.33. The largest absolute Gasteiger partial charge is 0.309 e. The second-order valence-electron chi connectivity index (χ2n) is 6.58. The minimum Gasteiger partial charge on any atom is -0.309 e. The number of nitrogens with zero attached hydrogens (tertiary/aromatic N) is 1. The van der Waals surface area contributed by atoms with E-state index in [2.05, 4.69) is 48.5 Å². The van der Waals surface area contributed by atoms with E-state index in [4.69, 9.17) is 0 Å². The van der Waals surface area contributed by atoms with E-state index in [1.807, 2.05) is 0 Å². The van der Waals surface area contributed by atoms with Crippen LogP contribution in [0, 0.1) is 5.92 Å². The van der Waals surface area contributed by atoms with Crippen LogP contribution in [0.2, 0.25) is 0 Å². The molecule has 2 heteroatoms. The van der Waals surface area contributed by atoms with E-state index in [0.717, 1.165) is 12.5 Å². The molecule has 1 saturated carbocycles. The molecule has 20 heavy (non-hydrogen) atoms. The molecule has 110 valence electrons. The number of hydrogen-bond acceptors (Lipinski definition) is 2. The Bertz CT molecular complexity index is 439. The number of benzene rings is 1. The van der Waals surface area contributed by atoms with Gasteiger partial charge in [0, 0.05) is 18.6 Å². The van der Waals surface area contributed by atoms with Crippen molar-refractivity contribution in [2.24, 2.45) is 5.92 Å². The first-order valence-electron chi connectivity index (χ1n) is 8.31. The summed E-state index contributed by atoms with van der Waals surface area (Å²) in [6.07, 6.45) is 6.86. The Balaban J connectivity index is 1.76. The molecule has 0 saturated heterocycles. The molecule has 0 spiro atoms. The molecular formula is C18H28N2. The SMILES string of the molecule is CCNC1c2ccccc2CCC1N(C)CC1CCC1. The molecule has 0 aromatic heterocycles. The van der Waals surface area contributed by atoms with Gasteiger partial charge in [-0.15, -0.1) is 0 Å².